The van der Waals surface area contributed by atoms with E-state index in [0.717, 1.165) is 21.6 Å². The molecule has 200 valence electrons. The van der Waals surface area contributed by atoms with Gasteiger partial charge in [-0.2, -0.15) is 0 Å². The predicted octanol–water partition coefficient (Wildman–Crippen LogP) is 5.13. The van der Waals surface area contributed by atoms with Crippen LogP contribution in [0.5, 0.6) is 0 Å². The predicted molar refractivity (Wildman–Crippen MR) is 152 cm³/mol. The number of benzene rings is 3. The molecule has 5 rings (SSSR count). The topological polar surface area (TPSA) is 104 Å². The van der Waals surface area contributed by atoms with Crippen molar-refractivity contribution < 1.29 is 23.2 Å². The van der Waals surface area contributed by atoms with Crippen molar-refractivity contribution in [3.05, 3.63) is 108 Å². The summed E-state index contributed by atoms with van der Waals surface area (Å²) in [6.45, 7) is 0.183. The molecular weight excluding hydrogens is 532 g/mol. The summed E-state index contributed by atoms with van der Waals surface area (Å²) in [7, 11) is -3.90. The fourth-order valence-corrected chi connectivity index (χ4v) is 8.64. The molecule has 9 heteroatoms. The van der Waals surface area contributed by atoms with E-state index in [1.807, 2.05) is 66.7 Å². The van der Waals surface area contributed by atoms with Crippen LogP contribution in [0.3, 0.4) is 0 Å². The van der Waals surface area contributed by atoms with Crippen LogP contribution < -0.4 is 5.48 Å². The lowest BCUT2D eigenvalue weighted by Crippen LogP contribution is -2.41. The van der Waals surface area contributed by atoms with Crippen molar-refractivity contribution in [2.24, 2.45) is 0 Å². The van der Waals surface area contributed by atoms with E-state index in [2.05, 4.69) is 0 Å². The minimum Gasteiger partial charge on any atom is -0.338 e. The van der Waals surface area contributed by atoms with Gasteiger partial charge in [0.2, 0.25) is 5.91 Å². The average Bonchev–Trinajstić information content (AvgIpc) is 3.43. The smallest absolute Gasteiger partial charge is 0.253 e. The number of rotatable bonds is 6. The maximum Gasteiger partial charge on any atom is 0.253 e. The summed E-state index contributed by atoms with van der Waals surface area (Å²) in [6, 6.07) is 30.4. The quantitative estimate of drug-likeness (QED) is 0.251. The van der Waals surface area contributed by atoms with Gasteiger partial charge in [0, 0.05) is 28.4 Å². The Morgan fingerprint density at radius 1 is 0.821 bits per heavy atom. The maximum absolute atomic E-state index is 13.8. The molecule has 0 radical (unpaired) electrons. The zero-order valence-electron chi connectivity index (χ0n) is 21.1. The molecule has 1 aromatic heterocycles. The number of sulfone groups is 1. The number of thiophene rings is 1. The highest BCUT2D eigenvalue weighted by molar-refractivity contribution is 7.92. The molecule has 4 aromatic rings. The standard InChI is InChI=1S/C30H28N2O5S2/c33-28(31-35)21-30(17-18-32(19-20-39(30,36)37)29(34)25-9-5-2-6-10-25)27-16-15-26(38-27)24-13-11-23(12-14-24)22-7-3-1-4-8-22/h1-16,35H,17-21H2,(H,31,33). The first-order valence-electron chi connectivity index (χ1n) is 12.6. The second kappa shape index (κ2) is 11.1. The van der Waals surface area contributed by atoms with Crippen LogP contribution in [0, 0.1) is 0 Å². The summed E-state index contributed by atoms with van der Waals surface area (Å²) < 4.78 is 26.1. The lowest BCUT2D eigenvalue weighted by Gasteiger charge is -2.30. The van der Waals surface area contributed by atoms with E-state index >= 15 is 0 Å². The van der Waals surface area contributed by atoms with E-state index in [1.165, 1.54) is 16.2 Å². The molecule has 2 N–H and O–H groups in total. The number of carbonyl (C=O) groups is 2. The van der Waals surface area contributed by atoms with Gasteiger partial charge < -0.3 is 4.90 Å². The van der Waals surface area contributed by atoms with Crippen LogP contribution >= 0.6 is 11.3 Å². The van der Waals surface area contributed by atoms with Gasteiger partial charge in [-0.3, -0.25) is 14.8 Å². The largest absolute Gasteiger partial charge is 0.338 e. The highest BCUT2D eigenvalue weighted by Gasteiger charge is 2.49. The van der Waals surface area contributed by atoms with E-state index in [-0.39, 0.29) is 31.2 Å². The fourth-order valence-electron chi connectivity index (χ4n) is 5.03. The van der Waals surface area contributed by atoms with Gasteiger partial charge in [-0.25, -0.2) is 13.9 Å². The molecule has 1 saturated heterocycles. The minimum atomic E-state index is -3.90. The molecule has 1 fully saturated rings. The van der Waals surface area contributed by atoms with E-state index in [0.29, 0.717) is 10.4 Å². The van der Waals surface area contributed by atoms with Crippen LogP contribution in [0.2, 0.25) is 0 Å². The Balaban J connectivity index is 1.48. The molecule has 1 aliphatic heterocycles. The second-order valence-electron chi connectivity index (χ2n) is 9.54. The van der Waals surface area contributed by atoms with Gasteiger partial charge in [0.05, 0.1) is 12.2 Å². The van der Waals surface area contributed by atoms with E-state index < -0.39 is 26.9 Å². The molecule has 7 nitrogen and oxygen atoms in total. The number of amides is 2. The van der Waals surface area contributed by atoms with Crippen molar-refractivity contribution in [2.75, 3.05) is 18.8 Å². The van der Waals surface area contributed by atoms with Crippen LogP contribution in [0.15, 0.2) is 97.1 Å². The van der Waals surface area contributed by atoms with Crippen LogP contribution in [-0.4, -0.2) is 49.2 Å². The van der Waals surface area contributed by atoms with Gasteiger partial charge in [-0.05, 0) is 47.4 Å². The van der Waals surface area contributed by atoms with Crippen molar-refractivity contribution in [3.63, 3.8) is 0 Å². The number of hydroxylamine groups is 1. The summed E-state index contributed by atoms with van der Waals surface area (Å²) in [5, 5.41) is 9.30. The third kappa shape index (κ3) is 5.38. The van der Waals surface area contributed by atoms with E-state index in [4.69, 9.17) is 0 Å². The van der Waals surface area contributed by atoms with Crippen molar-refractivity contribution >= 4 is 33.0 Å². The summed E-state index contributed by atoms with van der Waals surface area (Å²) in [4.78, 5) is 28.5. The zero-order chi connectivity index (χ0) is 27.5. The van der Waals surface area contributed by atoms with Gasteiger partial charge in [0.1, 0.15) is 4.75 Å². The molecule has 0 spiro atoms. The van der Waals surface area contributed by atoms with Crippen molar-refractivity contribution in [3.8, 4) is 21.6 Å². The Kier molecular flexibility index (Phi) is 7.65. The highest BCUT2D eigenvalue weighted by atomic mass is 32.2. The first-order valence-corrected chi connectivity index (χ1v) is 15.1. The van der Waals surface area contributed by atoms with E-state index in [1.54, 1.807) is 35.8 Å². The highest BCUT2D eigenvalue weighted by Crippen LogP contribution is 2.45. The molecule has 1 atom stereocenters. The Labute approximate surface area is 231 Å². The van der Waals surface area contributed by atoms with Crippen LogP contribution in [0.4, 0.5) is 0 Å². The first-order chi connectivity index (χ1) is 18.8. The van der Waals surface area contributed by atoms with E-state index in [9.17, 15) is 23.2 Å². The Hall–Kier alpha value is -3.79. The van der Waals surface area contributed by atoms with Crippen LogP contribution in [0.1, 0.15) is 28.1 Å². The van der Waals surface area contributed by atoms with Gasteiger partial charge in [-0.1, -0.05) is 72.8 Å². The second-order valence-corrected chi connectivity index (χ2v) is 13.0. The van der Waals surface area contributed by atoms with Gasteiger partial charge >= 0.3 is 0 Å². The third-order valence-electron chi connectivity index (χ3n) is 7.22. The number of hydrogen-bond acceptors (Lipinski definition) is 6. The van der Waals surface area contributed by atoms with Crippen LogP contribution in [-0.2, 0) is 19.4 Å². The van der Waals surface area contributed by atoms with Crippen molar-refractivity contribution in [1.29, 1.82) is 0 Å². The monoisotopic (exact) mass is 560 g/mol. The Morgan fingerprint density at radius 2 is 1.44 bits per heavy atom. The summed E-state index contributed by atoms with van der Waals surface area (Å²) >= 11 is 1.32. The summed E-state index contributed by atoms with van der Waals surface area (Å²) in [5.74, 6) is -1.33. The SMILES string of the molecule is O=C(CC1(c2ccc(-c3ccc(-c4ccccc4)cc3)s2)CCN(C(=O)c2ccccc2)CCS1(=O)=O)NO. The molecule has 0 saturated carbocycles. The van der Waals surface area contributed by atoms with Crippen molar-refractivity contribution in [2.45, 2.75) is 17.6 Å². The molecular formula is C30H28N2O5S2. The van der Waals surface area contributed by atoms with Gasteiger partial charge in [-0.15, -0.1) is 11.3 Å². The Bertz CT molecular complexity index is 1570. The number of carbonyl (C=O) groups excluding carboxylic acids is 2. The zero-order valence-corrected chi connectivity index (χ0v) is 22.8. The molecule has 3 aromatic carbocycles. The molecule has 0 bridgehead atoms. The lowest BCUT2D eigenvalue weighted by molar-refractivity contribution is -0.129. The number of nitrogens with zero attached hydrogens (tertiary/aromatic N) is 1. The lowest BCUT2D eigenvalue weighted by atomic mass is 9.97. The summed E-state index contributed by atoms with van der Waals surface area (Å²) in [5.41, 5.74) is 5.19. The number of nitrogens with one attached hydrogen (secondary N) is 1. The molecule has 1 aliphatic rings. The third-order valence-corrected chi connectivity index (χ3v) is 11.2. The maximum atomic E-state index is 13.8. The molecule has 2 amide bonds. The first kappa shape index (κ1) is 26.8. The minimum absolute atomic E-state index is 0.0255. The summed E-state index contributed by atoms with van der Waals surface area (Å²) in [6.07, 6.45) is -0.402. The molecule has 2 heterocycles. The normalized spacial score (nSPS) is 18.7. The van der Waals surface area contributed by atoms with Gasteiger partial charge in [0.15, 0.2) is 9.84 Å². The fraction of sp³-hybridized carbons (Fsp3) is 0.200. The number of hydrogen-bond donors (Lipinski definition) is 2. The van der Waals surface area contributed by atoms with Gasteiger partial charge in [0.25, 0.3) is 5.91 Å². The van der Waals surface area contributed by atoms with Crippen LogP contribution in [0.25, 0.3) is 21.6 Å². The average molecular weight is 561 g/mol. The Morgan fingerprint density at radius 3 is 2.10 bits per heavy atom. The van der Waals surface area contributed by atoms with Crippen molar-refractivity contribution in [1.82, 2.24) is 10.4 Å². The molecule has 39 heavy (non-hydrogen) atoms. The molecule has 0 aliphatic carbocycles. The molecule has 1 unspecified atom stereocenters.